The van der Waals surface area contributed by atoms with Crippen LogP contribution in [0.15, 0.2) is 42.6 Å². The van der Waals surface area contributed by atoms with Crippen molar-refractivity contribution in [2.75, 3.05) is 44.7 Å². The Morgan fingerprint density at radius 2 is 1.86 bits per heavy atom. The second kappa shape index (κ2) is 8.27. The summed E-state index contributed by atoms with van der Waals surface area (Å²) in [7, 11) is 1.66. The quantitative estimate of drug-likeness (QED) is 0.838. The summed E-state index contributed by atoms with van der Waals surface area (Å²) < 4.78 is 5.17. The van der Waals surface area contributed by atoms with Gasteiger partial charge in [-0.05, 0) is 36.2 Å². The van der Waals surface area contributed by atoms with Crippen LogP contribution in [0.3, 0.4) is 0 Å². The Hall–Kier alpha value is -2.47. The molecule has 1 aromatic heterocycles. The molecule has 2 aliphatic heterocycles. The lowest BCUT2D eigenvalue weighted by molar-refractivity contribution is 0.206. The molecule has 0 aliphatic carbocycles. The average Bonchev–Trinajstić information content (AvgIpc) is 3.28. The highest BCUT2D eigenvalue weighted by Gasteiger charge is 2.41. The van der Waals surface area contributed by atoms with Gasteiger partial charge in [0, 0.05) is 50.8 Å². The van der Waals surface area contributed by atoms with Crippen LogP contribution in [0.5, 0.6) is 5.75 Å². The predicted octanol–water partition coefficient (Wildman–Crippen LogP) is 3.06. The molecule has 148 valence electrons. The normalized spacial score (nSPS) is 20.9. The maximum atomic E-state index is 12.5. The van der Waals surface area contributed by atoms with Gasteiger partial charge in [-0.1, -0.05) is 23.7 Å². The van der Waals surface area contributed by atoms with E-state index in [0.29, 0.717) is 23.4 Å². The molecule has 1 aromatic carbocycles. The second-order valence-corrected chi connectivity index (χ2v) is 7.93. The first kappa shape index (κ1) is 18.9. The number of pyridine rings is 1. The first-order valence-electron chi connectivity index (χ1n) is 9.64. The molecule has 3 heterocycles. The van der Waals surface area contributed by atoms with E-state index in [2.05, 4.69) is 15.2 Å². The number of halogens is 1. The van der Waals surface area contributed by atoms with Crippen LogP contribution in [0, 0.1) is 11.8 Å². The number of nitrogens with one attached hydrogen (secondary N) is 1. The molecule has 1 N–H and O–H groups in total. The number of benzene rings is 1. The Morgan fingerprint density at radius 1 is 1.14 bits per heavy atom. The van der Waals surface area contributed by atoms with Crippen LogP contribution in [-0.4, -0.2) is 55.7 Å². The molecule has 2 fully saturated rings. The minimum Gasteiger partial charge on any atom is -0.497 e. The third-order valence-electron chi connectivity index (χ3n) is 5.66. The number of hydrogen-bond donors (Lipinski definition) is 1. The van der Waals surface area contributed by atoms with Crippen molar-refractivity contribution >= 4 is 23.4 Å². The minimum absolute atomic E-state index is 0.0408. The number of ether oxygens (including phenoxy) is 1. The van der Waals surface area contributed by atoms with Crippen molar-refractivity contribution in [1.82, 2.24) is 15.2 Å². The highest BCUT2D eigenvalue weighted by molar-refractivity contribution is 6.30. The summed E-state index contributed by atoms with van der Waals surface area (Å²) in [6.07, 6.45) is 2.50. The van der Waals surface area contributed by atoms with Gasteiger partial charge < -0.3 is 19.9 Å². The number of nitrogens with zero attached hydrogens (tertiary/aromatic N) is 3. The van der Waals surface area contributed by atoms with Crippen molar-refractivity contribution in [3.8, 4) is 5.75 Å². The number of hydrogen-bond acceptors (Lipinski definition) is 4. The summed E-state index contributed by atoms with van der Waals surface area (Å²) in [6, 6.07) is 11.8. The van der Waals surface area contributed by atoms with Gasteiger partial charge in [0.05, 0.1) is 12.1 Å². The molecule has 0 radical (unpaired) electrons. The van der Waals surface area contributed by atoms with Gasteiger partial charge in [0.15, 0.2) is 0 Å². The first-order chi connectivity index (χ1) is 13.6. The van der Waals surface area contributed by atoms with Crippen LogP contribution < -0.4 is 15.0 Å². The van der Waals surface area contributed by atoms with Crippen molar-refractivity contribution in [1.29, 1.82) is 0 Å². The fourth-order valence-electron chi connectivity index (χ4n) is 4.12. The minimum atomic E-state index is 0.0408. The van der Waals surface area contributed by atoms with E-state index in [1.165, 1.54) is 5.56 Å². The zero-order valence-electron chi connectivity index (χ0n) is 16.0. The maximum Gasteiger partial charge on any atom is 0.317 e. The molecule has 0 bridgehead atoms. The fourth-order valence-corrected chi connectivity index (χ4v) is 4.23. The second-order valence-electron chi connectivity index (χ2n) is 7.49. The van der Waals surface area contributed by atoms with Crippen LogP contribution in [0.4, 0.5) is 10.6 Å². The number of carbonyl (C=O) groups excluding carboxylic acids is 1. The van der Waals surface area contributed by atoms with Crippen LogP contribution in [-0.2, 0) is 6.42 Å². The summed E-state index contributed by atoms with van der Waals surface area (Å²) >= 11 is 5.92. The lowest BCUT2D eigenvalue weighted by Gasteiger charge is -2.22. The highest BCUT2D eigenvalue weighted by Crippen LogP contribution is 2.33. The lowest BCUT2D eigenvalue weighted by Crippen LogP contribution is -2.41. The first-order valence-corrected chi connectivity index (χ1v) is 10.0. The van der Waals surface area contributed by atoms with Crippen molar-refractivity contribution in [3.05, 3.63) is 53.2 Å². The molecule has 0 saturated carbocycles. The van der Waals surface area contributed by atoms with Gasteiger partial charge in [0.25, 0.3) is 0 Å². The number of amides is 2. The molecule has 28 heavy (non-hydrogen) atoms. The van der Waals surface area contributed by atoms with Gasteiger partial charge in [0.2, 0.25) is 0 Å². The molecular weight excluding hydrogens is 376 g/mol. The molecule has 2 aliphatic rings. The monoisotopic (exact) mass is 400 g/mol. The largest absolute Gasteiger partial charge is 0.497 e. The third kappa shape index (κ3) is 4.17. The van der Waals surface area contributed by atoms with E-state index in [1.54, 1.807) is 13.3 Å². The predicted molar refractivity (Wildman–Crippen MR) is 110 cm³/mol. The average molecular weight is 401 g/mol. The van der Waals surface area contributed by atoms with E-state index in [1.807, 2.05) is 41.3 Å². The Morgan fingerprint density at radius 3 is 2.46 bits per heavy atom. The van der Waals surface area contributed by atoms with Crippen molar-refractivity contribution < 1.29 is 9.53 Å². The van der Waals surface area contributed by atoms with Crippen molar-refractivity contribution in [3.63, 3.8) is 0 Å². The molecule has 6 nitrogen and oxygen atoms in total. The topological polar surface area (TPSA) is 57.7 Å². The molecule has 2 saturated heterocycles. The van der Waals surface area contributed by atoms with Crippen LogP contribution in [0.25, 0.3) is 0 Å². The lowest BCUT2D eigenvalue weighted by atomic mass is 10.0. The number of likely N-dealkylation sites (tertiary alicyclic amines) is 1. The van der Waals surface area contributed by atoms with Gasteiger partial charge in [-0.25, -0.2) is 9.78 Å². The Bertz CT molecular complexity index is 798. The molecular formula is C21H25ClN4O2. The number of methoxy groups -OCH3 is 1. The SMILES string of the molecule is COc1ccc(CCNC(=O)N2CC3CN(c4ccc(Cl)cn4)CC3C2)cc1. The summed E-state index contributed by atoms with van der Waals surface area (Å²) in [6.45, 7) is 4.13. The zero-order valence-corrected chi connectivity index (χ0v) is 16.7. The molecule has 2 amide bonds. The molecule has 2 unspecified atom stereocenters. The van der Waals surface area contributed by atoms with Crippen LogP contribution in [0.2, 0.25) is 5.02 Å². The fraction of sp³-hybridized carbons (Fsp3) is 0.429. The third-order valence-corrected chi connectivity index (χ3v) is 5.88. The van der Waals surface area contributed by atoms with E-state index in [-0.39, 0.29) is 6.03 Å². The number of aromatic nitrogens is 1. The molecule has 7 heteroatoms. The van der Waals surface area contributed by atoms with Gasteiger partial charge >= 0.3 is 6.03 Å². The summed E-state index contributed by atoms with van der Waals surface area (Å²) in [4.78, 5) is 21.2. The molecule has 4 rings (SSSR count). The van der Waals surface area contributed by atoms with Gasteiger partial charge in [0.1, 0.15) is 11.6 Å². The van der Waals surface area contributed by atoms with E-state index >= 15 is 0 Å². The Balaban J connectivity index is 1.23. The van der Waals surface area contributed by atoms with Gasteiger partial charge in [-0.2, -0.15) is 0 Å². The maximum absolute atomic E-state index is 12.5. The smallest absolute Gasteiger partial charge is 0.317 e. The van der Waals surface area contributed by atoms with Crippen molar-refractivity contribution in [2.45, 2.75) is 6.42 Å². The standard InChI is InChI=1S/C21H25ClN4O2/c1-28-19-5-2-15(3-6-19)8-9-23-21(27)26-13-16-11-25(12-17(16)14-26)20-7-4-18(22)10-24-20/h2-7,10,16-17H,8-9,11-14H2,1H3,(H,23,27). The van der Waals surface area contributed by atoms with E-state index < -0.39 is 0 Å². The Kier molecular flexibility index (Phi) is 5.57. The van der Waals surface area contributed by atoms with Gasteiger partial charge in [-0.3, -0.25) is 0 Å². The van der Waals surface area contributed by atoms with Gasteiger partial charge in [-0.15, -0.1) is 0 Å². The number of fused-ring (bicyclic) bond motifs is 1. The van der Waals surface area contributed by atoms with E-state index in [0.717, 1.165) is 44.2 Å². The summed E-state index contributed by atoms with van der Waals surface area (Å²) in [5.41, 5.74) is 1.19. The number of carbonyl (C=O) groups is 1. The van der Waals surface area contributed by atoms with E-state index in [4.69, 9.17) is 16.3 Å². The number of anilines is 1. The number of rotatable bonds is 5. The molecule has 0 spiro atoms. The molecule has 2 aromatic rings. The van der Waals surface area contributed by atoms with Crippen LogP contribution >= 0.6 is 11.6 Å². The Labute approximate surface area is 170 Å². The summed E-state index contributed by atoms with van der Waals surface area (Å²) in [5.74, 6) is 2.82. The number of urea groups is 1. The van der Waals surface area contributed by atoms with E-state index in [9.17, 15) is 4.79 Å². The van der Waals surface area contributed by atoms with Crippen molar-refractivity contribution in [2.24, 2.45) is 11.8 Å². The van der Waals surface area contributed by atoms with Crippen LogP contribution in [0.1, 0.15) is 5.56 Å². The highest BCUT2D eigenvalue weighted by atomic mass is 35.5. The zero-order chi connectivity index (χ0) is 19.5. The summed E-state index contributed by atoms with van der Waals surface area (Å²) in [5, 5.41) is 3.71. The molecule has 2 atom stereocenters.